The molecule has 6 nitrogen and oxygen atoms in total. The summed E-state index contributed by atoms with van der Waals surface area (Å²) >= 11 is 0.218. The second-order valence-electron chi connectivity index (χ2n) is 6.27. The van der Waals surface area contributed by atoms with E-state index in [-0.39, 0.29) is 22.5 Å². The number of aliphatic imine (C=N–C) groups is 1. The van der Waals surface area contributed by atoms with Gasteiger partial charge in [0.05, 0.1) is 5.57 Å². The SMILES string of the molecule is N=C1/C(=C\c2ccc(OCc3ccccc3)cc2)C(=O)N=C2SC(C(F)(F)F)=NN12. The van der Waals surface area contributed by atoms with Gasteiger partial charge in [-0.1, -0.05) is 42.5 Å². The Morgan fingerprint density at radius 3 is 2.47 bits per heavy atom. The quantitative estimate of drug-likeness (QED) is 0.727. The van der Waals surface area contributed by atoms with Crippen LogP contribution < -0.4 is 4.74 Å². The van der Waals surface area contributed by atoms with Crippen LogP contribution in [0.4, 0.5) is 13.2 Å². The minimum atomic E-state index is -4.67. The number of hydrazone groups is 1. The van der Waals surface area contributed by atoms with Crippen LogP contribution in [0.15, 0.2) is 70.3 Å². The van der Waals surface area contributed by atoms with E-state index in [0.29, 0.717) is 17.9 Å². The highest BCUT2D eigenvalue weighted by Crippen LogP contribution is 2.35. The van der Waals surface area contributed by atoms with Crippen LogP contribution in [0.1, 0.15) is 11.1 Å². The zero-order chi connectivity index (χ0) is 21.3. The molecule has 4 rings (SSSR count). The monoisotopic (exact) mass is 430 g/mol. The van der Waals surface area contributed by atoms with Gasteiger partial charge >= 0.3 is 6.18 Å². The molecule has 0 saturated heterocycles. The van der Waals surface area contributed by atoms with Gasteiger partial charge in [-0.3, -0.25) is 10.2 Å². The van der Waals surface area contributed by atoms with Crippen LogP contribution >= 0.6 is 11.8 Å². The van der Waals surface area contributed by atoms with Gasteiger partial charge in [0.1, 0.15) is 12.4 Å². The van der Waals surface area contributed by atoms with E-state index in [1.165, 1.54) is 6.08 Å². The van der Waals surface area contributed by atoms with E-state index < -0.39 is 23.0 Å². The highest BCUT2D eigenvalue weighted by atomic mass is 32.2. The summed E-state index contributed by atoms with van der Waals surface area (Å²) in [6.07, 6.45) is -3.29. The van der Waals surface area contributed by atoms with Crippen molar-refractivity contribution in [1.82, 2.24) is 5.01 Å². The molecule has 0 fully saturated rings. The van der Waals surface area contributed by atoms with Crippen molar-refractivity contribution in [3.63, 3.8) is 0 Å². The fourth-order valence-corrected chi connectivity index (χ4v) is 3.43. The summed E-state index contributed by atoms with van der Waals surface area (Å²) in [5, 5.41) is 10.7. The van der Waals surface area contributed by atoms with E-state index in [1.54, 1.807) is 24.3 Å². The molecule has 2 aliphatic heterocycles. The molecular formula is C20H13F3N4O2S. The first kappa shape index (κ1) is 19.9. The molecule has 10 heteroatoms. The molecule has 2 aromatic carbocycles. The second-order valence-corrected chi connectivity index (χ2v) is 7.22. The Morgan fingerprint density at radius 1 is 1.10 bits per heavy atom. The van der Waals surface area contributed by atoms with Gasteiger partial charge in [0.15, 0.2) is 5.84 Å². The molecule has 30 heavy (non-hydrogen) atoms. The van der Waals surface area contributed by atoms with Crippen LogP contribution in [0.5, 0.6) is 5.75 Å². The lowest BCUT2D eigenvalue weighted by Crippen LogP contribution is -2.35. The van der Waals surface area contributed by atoms with Crippen LogP contribution in [0.3, 0.4) is 0 Å². The summed E-state index contributed by atoms with van der Waals surface area (Å²) < 4.78 is 44.3. The number of rotatable bonds is 4. The lowest BCUT2D eigenvalue weighted by molar-refractivity contribution is -0.114. The predicted octanol–water partition coefficient (Wildman–Crippen LogP) is 4.45. The number of ether oxygens (including phenoxy) is 1. The van der Waals surface area contributed by atoms with Gasteiger partial charge < -0.3 is 4.74 Å². The molecule has 0 atom stereocenters. The number of fused-ring (bicyclic) bond motifs is 1. The molecule has 0 spiro atoms. The number of amidine groups is 2. The molecule has 0 aliphatic carbocycles. The highest BCUT2D eigenvalue weighted by Gasteiger charge is 2.46. The number of alkyl halides is 3. The molecule has 2 heterocycles. The average Bonchev–Trinajstić information content (AvgIpc) is 3.16. The summed E-state index contributed by atoms with van der Waals surface area (Å²) in [5.41, 5.74) is 1.44. The van der Waals surface area contributed by atoms with Gasteiger partial charge in [0.25, 0.3) is 5.91 Å². The standard InChI is InChI=1S/C20H13F3N4O2S/c21-20(22,23)18-26-27-16(24)15(17(28)25-19(27)30-18)10-12-6-8-14(9-7-12)29-11-13-4-2-1-3-5-13/h1-10,24H,11H2/b15-10+,24-16?. The van der Waals surface area contributed by atoms with E-state index in [4.69, 9.17) is 10.1 Å². The molecule has 1 amide bonds. The van der Waals surface area contributed by atoms with Crippen molar-refractivity contribution in [2.45, 2.75) is 12.8 Å². The van der Waals surface area contributed by atoms with Crippen LogP contribution in [-0.2, 0) is 11.4 Å². The van der Waals surface area contributed by atoms with Crippen molar-refractivity contribution in [1.29, 1.82) is 5.41 Å². The molecule has 152 valence electrons. The first-order valence-corrected chi connectivity index (χ1v) is 9.47. The van der Waals surface area contributed by atoms with Gasteiger partial charge in [0.2, 0.25) is 10.2 Å². The molecule has 2 aromatic rings. The van der Waals surface area contributed by atoms with Crippen molar-refractivity contribution in [3.8, 4) is 5.75 Å². The van der Waals surface area contributed by atoms with E-state index >= 15 is 0 Å². The first-order chi connectivity index (χ1) is 14.3. The number of nitrogens with zero attached hydrogens (tertiary/aromatic N) is 3. The van der Waals surface area contributed by atoms with Crippen molar-refractivity contribution >= 4 is 39.8 Å². The number of amides is 1. The molecule has 1 N–H and O–H groups in total. The maximum atomic E-state index is 12.9. The van der Waals surface area contributed by atoms with E-state index in [9.17, 15) is 18.0 Å². The van der Waals surface area contributed by atoms with Gasteiger partial charge in [0, 0.05) is 0 Å². The van der Waals surface area contributed by atoms with Crippen molar-refractivity contribution in [2.24, 2.45) is 10.1 Å². The molecule has 0 unspecified atom stereocenters. The fourth-order valence-electron chi connectivity index (χ4n) is 2.67. The number of carbonyl (C=O) groups is 1. The van der Waals surface area contributed by atoms with Crippen LogP contribution in [0, 0.1) is 5.41 Å². The number of carbonyl (C=O) groups excluding carboxylic acids is 1. The maximum absolute atomic E-state index is 12.9. The Hall–Kier alpha value is -3.40. The summed E-state index contributed by atoms with van der Waals surface area (Å²) in [6.45, 7) is 0.397. The Bertz CT molecular complexity index is 1090. The summed E-state index contributed by atoms with van der Waals surface area (Å²) in [6, 6.07) is 16.4. The number of thioether (sulfide) groups is 1. The highest BCUT2D eigenvalue weighted by molar-refractivity contribution is 8.27. The fraction of sp³-hybridized carbons (Fsp3) is 0.100. The van der Waals surface area contributed by atoms with E-state index in [0.717, 1.165) is 10.6 Å². The predicted molar refractivity (Wildman–Crippen MR) is 108 cm³/mol. The van der Waals surface area contributed by atoms with Gasteiger partial charge in [-0.05, 0) is 41.1 Å². The normalized spacial score (nSPS) is 17.7. The average molecular weight is 430 g/mol. The van der Waals surface area contributed by atoms with Crippen LogP contribution in [0.2, 0.25) is 0 Å². The van der Waals surface area contributed by atoms with Crippen LogP contribution in [-0.4, -0.2) is 33.1 Å². The minimum absolute atomic E-state index is 0.149. The van der Waals surface area contributed by atoms with Crippen molar-refractivity contribution in [2.75, 3.05) is 0 Å². The van der Waals surface area contributed by atoms with Crippen molar-refractivity contribution in [3.05, 3.63) is 71.3 Å². The summed E-state index contributed by atoms with van der Waals surface area (Å²) in [4.78, 5) is 15.9. The van der Waals surface area contributed by atoms with Crippen LogP contribution in [0.25, 0.3) is 6.08 Å². The second kappa shape index (κ2) is 7.79. The molecule has 0 aromatic heterocycles. The Kier molecular flexibility index (Phi) is 5.17. The number of hydrogen-bond acceptors (Lipinski definition) is 5. The lowest BCUT2D eigenvalue weighted by Gasteiger charge is -2.20. The molecule has 2 aliphatic rings. The Morgan fingerprint density at radius 2 is 1.80 bits per heavy atom. The third kappa shape index (κ3) is 4.13. The number of hydrogen-bond donors (Lipinski definition) is 1. The molecule has 0 radical (unpaired) electrons. The zero-order valence-electron chi connectivity index (χ0n) is 15.2. The Labute approximate surface area is 173 Å². The van der Waals surface area contributed by atoms with Gasteiger partial charge in [-0.2, -0.15) is 28.3 Å². The Balaban J connectivity index is 1.50. The number of halogens is 3. The van der Waals surface area contributed by atoms with Gasteiger partial charge in [-0.25, -0.2) is 0 Å². The number of benzene rings is 2. The van der Waals surface area contributed by atoms with E-state index in [2.05, 4.69) is 10.1 Å². The summed E-state index contributed by atoms with van der Waals surface area (Å²) in [7, 11) is 0. The zero-order valence-corrected chi connectivity index (χ0v) is 16.0. The molecular weight excluding hydrogens is 417 g/mol. The summed E-state index contributed by atoms with van der Waals surface area (Å²) in [5.74, 6) is -0.635. The van der Waals surface area contributed by atoms with Crippen molar-refractivity contribution < 1.29 is 22.7 Å². The maximum Gasteiger partial charge on any atom is 0.441 e. The lowest BCUT2D eigenvalue weighted by atomic mass is 10.1. The van der Waals surface area contributed by atoms with E-state index in [1.807, 2.05) is 30.3 Å². The first-order valence-electron chi connectivity index (χ1n) is 8.65. The number of nitrogens with one attached hydrogen (secondary N) is 1. The molecule has 0 bridgehead atoms. The smallest absolute Gasteiger partial charge is 0.441 e. The third-order valence-corrected chi connectivity index (χ3v) is 5.09. The topological polar surface area (TPSA) is 78.1 Å². The largest absolute Gasteiger partial charge is 0.489 e. The minimum Gasteiger partial charge on any atom is -0.489 e. The third-order valence-electron chi connectivity index (χ3n) is 4.14. The van der Waals surface area contributed by atoms with Gasteiger partial charge in [-0.15, -0.1) is 0 Å². The molecule has 0 saturated carbocycles.